The van der Waals surface area contributed by atoms with Gasteiger partial charge in [-0.15, -0.1) is 0 Å². The predicted octanol–water partition coefficient (Wildman–Crippen LogP) is 4.05. The Morgan fingerprint density at radius 2 is 1.80 bits per heavy atom. The van der Waals surface area contributed by atoms with Gasteiger partial charge in [-0.25, -0.2) is 0 Å². The molecular formula is C14H22O. The Morgan fingerprint density at radius 3 is 2.33 bits per heavy atom. The van der Waals surface area contributed by atoms with Crippen LogP contribution in [0.1, 0.15) is 52.9 Å². The van der Waals surface area contributed by atoms with Gasteiger partial charge in [0.2, 0.25) is 0 Å². The highest BCUT2D eigenvalue weighted by molar-refractivity contribution is 5.51. The molecule has 0 saturated heterocycles. The fourth-order valence-corrected chi connectivity index (χ4v) is 2.20. The van der Waals surface area contributed by atoms with Gasteiger partial charge < -0.3 is 4.79 Å². The van der Waals surface area contributed by atoms with Crippen molar-refractivity contribution in [2.45, 2.75) is 52.9 Å². The van der Waals surface area contributed by atoms with Crippen molar-refractivity contribution in [3.63, 3.8) is 0 Å². The Kier molecular flexibility index (Phi) is 4.31. The van der Waals surface area contributed by atoms with Gasteiger partial charge in [-0.3, -0.25) is 0 Å². The van der Waals surface area contributed by atoms with Gasteiger partial charge in [-0.05, 0) is 19.3 Å². The van der Waals surface area contributed by atoms with E-state index in [0.717, 1.165) is 12.7 Å². The van der Waals surface area contributed by atoms with Gasteiger partial charge in [0.1, 0.15) is 6.29 Å². The van der Waals surface area contributed by atoms with Crippen molar-refractivity contribution in [2.24, 2.45) is 5.41 Å². The molecule has 0 unspecified atom stereocenters. The van der Waals surface area contributed by atoms with Crippen molar-refractivity contribution in [3.8, 4) is 0 Å². The molecule has 0 aromatic carbocycles. The van der Waals surface area contributed by atoms with Crippen LogP contribution in [0.25, 0.3) is 0 Å². The molecule has 0 radical (unpaired) electrons. The summed E-state index contributed by atoms with van der Waals surface area (Å²) in [5.74, 6) is 0. The van der Waals surface area contributed by atoms with E-state index in [1.807, 2.05) is 0 Å². The molecule has 0 atom stereocenters. The van der Waals surface area contributed by atoms with Crippen molar-refractivity contribution < 1.29 is 4.79 Å². The second-order valence-electron chi connectivity index (χ2n) is 4.82. The lowest BCUT2D eigenvalue weighted by Gasteiger charge is -2.27. The monoisotopic (exact) mass is 206 g/mol. The molecule has 0 aromatic rings. The molecule has 0 fully saturated rings. The second-order valence-corrected chi connectivity index (χ2v) is 4.82. The van der Waals surface area contributed by atoms with E-state index in [-0.39, 0.29) is 5.41 Å². The standard InChI is InChI=1S/C14H22O/c1-4-5-7-12-9-10-13(8-6-11-15)14(12,2)3/h9-11H,4-8H2,1-3H3. The maximum Gasteiger partial charge on any atom is 0.120 e. The Hall–Kier alpha value is -0.850. The topological polar surface area (TPSA) is 17.1 Å². The minimum Gasteiger partial charge on any atom is -0.303 e. The smallest absolute Gasteiger partial charge is 0.120 e. The molecule has 0 N–H and O–H groups in total. The van der Waals surface area contributed by atoms with Crippen LogP contribution in [0, 0.1) is 5.41 Å². The lowest BCUT2D eigenvalue weighted by Crippen LogP contribution is -2.15. The third-order valence-corrected chi connectivity index (χ3v) is 3.42. The molecule has 0 bridgehead atoms. The molecule has 1 nitrogen and oxygen atoms in total. The predicted molar refractivity (Wildman–Crippen MR) is 64.8 cm³/mol. The highest BCUT2D eigenvalue weighted by Gasteiger charge is 2.29. The van der Waals surface area contributed by atoms with E-state index in [1.54, 1.807) is 0 Å². The first-order chi connectivity index (χ1) is 7.12. The fraction of sp³-hybridized carbons (Fsp3) is 0.643. The van der Waals surface area contributed by atoms with Crippen LogP contribution in [0.4, 0.5) is 0 Å². The quantitative estimate of drug-likeness (QED) is 0.599. The lowest BCUT2D eigenvalue weighted by atomic mass is 9.77. The molecule has 1 rings (SSSR count). The summed E-state index contributed by atoms with van der Waals surface area (Å²) >= 11 is 0. The minimum atomic E-state index is 0.193. The molecule has 1 aliphatic rings. The third-order valence-electron chi connectivity index (χ3n) is 3.42. The van der Waals surface area contributed by atoms with Gasteiger partial charge in [0.15, 0.2) is 0 Å². The van der Waals surface area contributed by atoms with E-state index in [1.165, 1.54) is 30.4 Å². The first kappa shape index (κ1) is 12.2. The van der Waals surface area contributed by atoms with E-state index in [4.69, 9.17) is 0 Å². The van der Waals surface area contributed by atoms with Gasteiger partial charge in [0.25, 0.3) is 0 Å². The van der Waals surface area contributed by atoms with E-state index in [0.29, 0.717) is 6.42 Å². The summed E-state index contributed by atoms with van der Waals surface area (Å²) in [5.41, 5.74) is 3.14. The number of carbonyl (C=O) groups is 1. The van der Waals surface area contributed by atoms with Crippen molar-refractivity contribution in [1.29, 1.82) is 0 Å². The van der Waals surface area contributed by atoms with Gasteiger partial charge in [0.05, 0.1) is 0 Å². The van der Waals surface area contributed by atoms with Crippen molar-refractivity contribution in [1.82, 2.24) is 0 Å². The van der Waals surface area contributed by atoms with Gasteiger partial charge >= 0.3 is 0 Å². The molecule has 1 aliphatic carbocycles. The number of allylic oxidation sites excluding steroid dienone is 4. The summed E-state index contributed by atoms with van der Waals surface area (Å²) in [6, 6.07) is 0. The summed E-state index contributed by atoms with van der Waals surface area (Å²) in [6.45, 7) is 6.78. The zero-order valence-electron chi connectivity index (χ0n) is 10.2. The van der Waals surface area contributed by atoms with Crippen molar-refractivity contribution >= 4 is 6.29 Å². The summed E-state index contributed by atoms with van der Waals surface area (Å²) in [5, 5.41) is 0. The molecule has 0 saturated carbocycles. The van der Waals surface area contributed by atoms with E-state index < -0.39 is 0 Å². The first-order valence-corrected chi connectivity index (χ1v) is 5.97. The zero-order chi connectivity index (χ0) is 11.3. The summed E-state index contributed by atoms with van der Waals surface area (Å²) in [4.78, 5) is 10.4. The molecule has 0 aromatic heterocycles. The molecule has 84 valence electrons. The Morgan fingerprint density at radius 1 is 1.20 bits per heavy atom. The van der Waals surface area contributed by atoms with Gasteiger partial charge in [-0.2, -0.15) is 0 Å². The third kappa shape index (κ3) is 2.80. The van der Waals surface area contributed by atoms with Crippen LogP contribution >= 0.6 is 0 Å². The molecule has 1 heteroatoms. The number of hydrogen-bond acceptors (Lipinski definition) is 1. The highest BCUT2D eigenvalue weighted by atomic mass is 16.1. The summed E-state index contributed by atoms with van der Waals surface area (Å²) in [7, 11) is 0. The van der Waals surface area contributed by atoms with Crippen LogP contribution in [0.15, 0.2) is 23.3 Å². The zero-order valence-corrected chi connectivity index (χ0v) is 10.2. The first-order valence-electron chi connectivity index (χ1n) is 5.97. The molecule has 0 heterocycles. The highest BCUT2D eigenvalue weighted by Crippen LogP contribution is 2.43. The van der Waals surface area contributed by atoms with Crippen molar-refractivity contribution in [3.05, 3.63) is 23.3 Å². The average Bonchev–Trinajstić information content (AvgIpc) is 2.48. The molecular weight excluding hydrogens is 184 g/mol. The largest absolute Gasteiger partial charge is 0.303 e. The molecule has 0 amide bonds. The van der Waals surface area contributed by atoms with Crippen LogP contribution in [0.3, 0.4) is 0 Å². The number of aldehydes is 1. The lowest BCUT2D eigenvalue weighted by molar-refractivity contribution is -0.107. The van der Waals surface area contributed by atoms with E-state index in [2.05, 4.69) is 32.9 Å². The van der Waals surface area contributed by atoms with Crippen LogP contribution < -0.4 is 0 Å². The molecule has 0 spiro atoms. The average molecular weight is 206 g/mol. The summed E-state index contributed by atoms with van der Waals surface area (Å²) in [6.07, 6.45) is 10.8. The van der Waals surface area contributed by atoms with Gasteiger partial charge in [0, 0.05) is 11.8 Å². The van der Waals surface area contributed by atoms with Crippen LogP contribution in [-0.2, 0) is 4.79 Å². The van der Waals surface area contributed by atoms with Crippen LogP contribution in [0.5, 0.6) is 0 Å². The summed E-state index contributed by atoms with van der Waals surface area (Å²) < 4.78 is 0. The number of carbonyl (C=O) groups excluding carboxylic acids is 1. The van der Waals surface area contributed by atoms with E-state index in [9.17, 15) is 4.79 Å². The van der Waals surface area contributed by atoms with E-state index >= 15 is 0 Å². The fourth-order valence-electron chi connectivity index (χ4n) is 2.20. The maximum absolute atomic E-state index is 10.4. The number of unbranched alkanes of at least 4 members (excludes halogenated alkanes) is 1. The Balaban J connectivity index is 2.57. The molecule has 15 heavy (non-hydrogen) atoms. The maximum atomic E-state index is 10.4. The number of rotatable bonds is 6. The molecule has 0 aliphatic heterocycles. The minimum absolute atomic E-state index is 0.193. The Bertz CT molecular complexity index is 282. The second kappa shape index (κ2) is 5.29. The van der Waals surface area contributed by atoms with Crippen molar-refractivity contribution in [2.75, 3.05) is 0 Å². The van der Waals surface area contributed by atoms with Gasteiger partial charge in [-0.1, -0.05) is 50.5 Å². The Labute approximate surface area is 93.3 Å². The number of hydrogen-bond donors (Lipinski definition) is 0. The normalized spacial score (nSPS) is 18.6. The van der Waals surface area contributed by atoms with Crippen LogP contribution in [0.2, 0.25) is 0 Å². The van der Waals surface area contributed by atoms with Crippen LogP contribution in [-0.4, -0.2) is 6.29 Å². The SMILES string of the molecule is CCCCC1=CC=C(CCC=O)C1(C)C.